The smallest absolute Gasteiger partial charge is 0.251 e. The highest BCUT2D eigenvalue weighted by Gasteiger charge is 2.30. The van der Waals surface area contributed by atoms with Crippen molar-refractivity contribution in [2.24, 2.45) is 0 Å². The van der Waals surface area contributed by atoms with Crippen LogP contribution >= 0.6 is 0 Å². The summed E-state index contributed by atoms with van der Waals surface area (Å²) in [6.45, 7) is 2.24. The maximum atomic E-state index is 13.0. The molecule has 1 aliphatic carbocycles. The van der Waals surface area contributed by atoms with Crippen LogP contribution in [0.3, 0.4) is 0 Å². The average Bonchev–Trinajstić information content (AvgIpc) is 2.82. The highest BCUT2D eigenvalue weighted by Crippen LogP contribution is 2.31. The van der Waals surface area contributed by atoms with Crippen LogP contribution in [-0.2, 0) is 10.9 Å². The standard InChI is InChI=1S/C25H22N2O5S/c1-16-8-10-19-21(14-16)23(28)20-11-9-18(15-22(20)24(19)29)27(33(31)32)13-5-12-26-25(30)17-6-3-2-4-7-17/h2-4,6-11,14-15,33H,5,12-13H2,1H3,(H,26,30). The number of nitrogens with zero attached hydrogens (tertiary/aromatic N) is 1. The van der Waals surface area contributed by atoms with E-state index in [1.54, 1.807) is 42.5 Å². The predicted octanol–water partition coefficient (Wildman–Crippen LogP) is 2.92. The number of hydrogen-bond acceptors (Lipinski definition) is 5. The lowest BCUT2D eigenvalue weighted by molar-refractivity contribution is 0.0952. The molecule has 0 saturated heterocycles. The molecule has 33 heavy (non-hydrogen) atoms. The topological polar surface area (TPSA) is 101 Å². The number of aryl methyl sites for hydroxylation is 1. The summed E-state index contributed by atoms with van der Waals surface area (Å²) in [6.07, 6.45) is 0.369. The summed E-state index contributed by atoms with van der Waals surface area (Å²) in [5.41, 5.74) is 2.83. The van der Waals surface area contributed by atoms with Gasteiger partial charge >= 0.3 is 0 Å². The molecule has 1 N–H and O–H groups in total. The molecule has 3 aromatic carbocycles. The third-order valence-corrected chi connectivity index (χ3v) is 6.35. The van der Waals surface area contributed by atoms with Gasteiger partial charge in [0.15, 0.2) is 11.6 Å². The molecule has 0 unspecified atom stereocenters. The summed E-state index contributed by atoms with van der Waals surface area (Å²) in [7, 11) is -2.99. The van der Waals surface area contributed by atoms with Gasteiger partial charge in [-0.1, -0.05) is 35.9 Å². The first-order valence-electron chi connectivity index (χ1n) is 10.5. The Morgan fingerprint density at radius 3 is 2.15 bits per heavy atom. The highest BCUT2D eigenvalue weighted by atomic mass is 32.2. The molecule has 4 rings (SSSR count). The van der Waals surface area contributed by atoms with Crippen LogP contribution in [0.5, 0.6) is 0 Å². The molecule has 0 aromatic heterocycles. The quantitative estimate of drug-likeness (QED) is 0.325. The molecule has 7 nitrogen and oxygen atoms in total. The summed E-state index contributed by atoms with van der Waals surface area (Å²) in [4.78, 5) is 38.0. The van der Waals surface area contributed by atoms with E-state index in [1.807, 2.05) is 13.0 Å². The first kappa shape index (κ1) is 22.4. The zero-order valence-corrected chi connectivity index (χ0v) is 18.8. The van der Waals surface area contributed by atoms with Crippen LogP contribution in [0, 0.1) is 6.92 Å². The van der Waals surface area contributed by atoms with Crippen LogP contribution in [0.4, 0.5) is 5.69 Å². The molecule has 0 saturated carbocycles. The maximum absolute atomic E-state index is 13.0. The largest absolute Gasteiger partial charge is 0.352 e. The molecular formula is C25H22N2O5S. The second-order valence-electron chi connectivity index (χ2n) is 7.77. The number of amides is 1. The predicted molar refractivity (Wildman–Crippen MR) is 126 cm³/mol. The molecule has 0 radical (unpaired) electrons. The number of hydrogen-bond donors (Lipinski definition) is 2. The van der Waals surface area contributed by atoms with Gasteiger partial charge in [-0.2, -0.15) is 0 Å². The Morgan fingerprint density at radius 1 is 0.848 bits per heavy atom. The van der Waals surface area contributed by atoms with Crippen molar-refractivity contribution in [2.45, 2.75) is 13.3 Å². The number of carbonyl (C=O) groups is 3. The summed E-state index contributed by atoms with van der Waals surface area (Å²) < 4.78 is 25.0. The fourth-order valence-corrected chi connectivity index (χ4v) is 4.46. The Labute approximate surface area is 193 Å². The van der Waals surface area contributed by atoms with E-state index in [0.717, 1.165) is 9.87 Å². The van der Waals surface area contributed by atoms with Gasteiger partial charge in [-0.15, -0.1) is 0 Å². The Bertz CT molecular complexity index is 1320. The van der Waals surface area contributed by atoms with Crippen LogP contribution in [0.2, 0.25) is 0 Å². The maximum Gasteiger partial charge on any atom is 0.251 e. The molecular weight excluding hydrogens is 440 g/mol. The third-order valence-electron chi connectivity index (χ3n) is 5.52. The van der Waals surface area contributed by atoms with Crippen molar-refractivity contribution in [3.05, 3.63) is 100 Å². The highest BCUT2D eigenvalue weighted by molar-refractivity contribution is 7.74. The van der Waals surface area contributed by atoms with Gasteiger partial charge in [0.05, 0.1) is 5.69 Å². The molecule has 0 bridgehead atoms. The molecule has 0 fully saturated rings. The van der Waals surface area contributed by atoms with E-state index in [1.165, 1.54) is 18.2 Å². The number of fused-ring (bicyclic) bond motifs is 2. The van der Waals surface area contributed by atoms with Crippen molar-refractivity contribution in [1.82, 2.24) is 5.32 Å². The number of thiol groups is 1. The van der Waals surface area contributed by atoms with Gasteiger partial charge in [0.25, 0.3) is 5.91 Å². The number of nitrogens with one attached hydrogen (secondary N) is 1. The fraction of sp³-hybridized carbons (Fsp3) is 0.160. The lowest BCUT2D eigenvalue weighted by Gasteiger charge is -2.22. The fourth-order valence-electron chi connectivity index (χ4n) is 3.84. The van der Waals surface area contributed by atoms with E-state index < -0.39 is 10.9 Å². The van der Waals surface area contributed by atoms with Crippen LogP contribution in [-0.4, -0.2) is 39.0 Å². The normalized spacial score (nSPS) is 12.3. The van der Waals surface area contributed by atoms with Crippen molar-refractivity contribution in [3.8, 4) is 0 Å². The summed E-state index contributed by atoms with van der Waals surface area (Å²) in [5.74, 6) is -0.797. The van der Waals surface area contributed by atoms with Crippen molar-refractivity contribution >= 4 is 34.1 Å². The summed E-state index contributed by atoms with van der Waals surface area (Å²) in [5, 5.41) is 2.76. The van der Waals surface area contributed by atoms with Crippen molar-refractivity contribution < 1.29 is 22.8 Å². The van der Waals surface area contributed by atoms with E-state index in [0.29, 0.717) is 28.8 Å². The van der Waals surface area contributed by atoms with Gasteiger partial charge in [-0.3, -0.25) is 18.7 Å². The Hall–Kier alpha value is -3.78. The number of carbonyl (C=O) groups excluding carboxylic acids is 3. The third kappa shape index (κ3) is 4.56. The molecule has 168 valence electrons. The van der Waals surface area contributed by atoms with Crippen molar-refractivity contribution in [3.63, 3.8) is 0 Å². The van der Waals surface area contributed by atoms with E-state index in [9.17, 15) is 22.8 Å². The Morgan fingerprint density at radius 2 is 1.48 bits per heavy atom. The summed E-state index contributed by atoms with van der Waals surface area (Å²) in [6, 6.07) is 18.3. The van der Waals surface area contributed by atoms with Gasteiger partial charge in [-0.25, -0.2) is 8.42 Å². The van der Waals surface area contributed by atoms with Crippen LogP contribution in [0.25, 0.3) is 0 Å². The number of rotatable bonds is 7. The molecule has 3 aromatic rings. The molecule has 0 aliphatic heterocycles. The van der Waals surface area contributed by atoms with E-state index in [4.69, 9.17) is 0 Å². The van der Waals surface area contributed by atoms with Gasteiger partial charge in [0.1, 0.15) is 0 Å². The number of anilines is 1. The molecule has 1 aliphatic rings. The van der Waals surface area contributed by atoms with Crippen LogP contribution in [0.15, 0.2) is 66.7 Å². The number of ketones is 2. The average molecular weight is 463 g/mol. The van der Waals surface area contributed by atoms with Gasteiger partial charge < -0.3 is 5.32 Å². The lowest BCUT2D eigenvalue weighted by Crippen LogP contribution is -2.29. The van der Waals surface area contributed by atoms with Gasteiger partial charge in [0.2, 0.25) is 10.9 Å². The number of benzene rings is 3. The first-order valence-corrected chi connectivity index (χ1v) is 11.6. The Kier molecular flexibility index (Phi) is 6.37. The van der Waals surface area contributed by atoms with Crippen molar-refractivity contribution in [1.29, 1.82) is 0 Å². The minimum absolute atomic E-state index is 0.116. The SMILES string of the molecule is Cc1ccc2c(c1)C(=O)c1ccc(N(CCCNC(=O)c3ccccc3)[SH](=O)=O)cc1C2=O. The molecule has 0 heterocycles. The van der Waals surface area contributed by atoms with Crippen molar-refractivity contribution in [2.75, 3.05) is 17.4 Å². The Balaban J connectivity index is 1.49. The van der Waals surface area contributed by atoms with Crippen LogP contribution < -0.4 is 9.62 Å². The second kappa shape index (κ2) is 9.38. The summed E-state index contributed by atoms with van der Waals surface area (Å²) >= 11 is 0. The second-order valence-corrected chi connectivity index (χ2v) is 8.73. The minimum atomic E-state index is -2.99. The van der Waals surface area contributed by atoms with Gasteiger partial charge in [0, 0.05) is 40.9 Å². The minimum Gasteiger partial charge on any atom is -0.352 e. The zero-order chi connectivity index (χ0) is 23.5. The van der Waals surface area contributed by atoms with E-state index in [2.05, 4.69) is 5.32 Å². The van der Waals surface area contributed by atoms with E-state index in [-0.39, 0.29) is 41.7 Å². The first-order chi connectivity index (χ1) is 15.9. The zero-order valence-electron chi connectivity index (χ0n) is 17.9. The molecule has 8 heteroatoms. The molecule has 0 atom stereocenters. The molecule has 0 spiro atoms. The monoisotopic (exact) mass is 462 g/mol. The van der Waals surface area contributed by atoms with Crippen LogP contribution in [0.1, 0.15) is 54.2 Å². The van der Waals surface area contributed by atoms with Gasteiger partial charge in [-0.05, 0) is 49.7 Å². The lowest BCUT2D eigenvalue weighted by atomic mass is 9.83. The molecule has 1 amide bonds. The van der Waals surface area contributed by atoms with E-state index >= 15 is 0 Å².